The monoisotopic (exact) mass is 312 g/mol. The van der Waals surface area contributed by atoms with Crippen LogP contribution >= 0.6 is 15.9 Å². The lowest BCUT2D eigenvalue weighted by atomic mass is 9.91. The molecule has 0 amide bonds. The maximum Gasteiger partial charge on any atom is 0.119 e. The Hall–Kier alpha value is -0.580. The molecule has 0 heterocycles. The highest BCUT2D eigenvalue weighted by atomic mass is 79.9. The van der Waals surface area contributed by atoms with Crippen molar-refractivity contribution in [3.63, 3.8) is 0 Å². The maximum atomic E-state index is 5.71. The van der Waals surface area contributed by atoms with Crippen LogP contribution in [0.15, 0.2) is 22.7 Å². The predicted octanol–water partition coefficient (Wildman–Crippen LogP) is 2.88. The average Bonchev–Trinajstić information content (AvgIpc) is 3.21. The van der Waals surface area contributed by atoms with Gasteiger partial charge in [0.05, 0.1) is 7.11 Å². The van der Waals surface area contributed by atoms with E-state index in [9.17, 15) is 0 Å². The predicted molar refractivity (Wildman–Crippen MR) is 77.4 cm³/mol. The molecule has 2 unspecified atom stereocenters. The summed E-state index contributed by atoms with van der Waals surface area (Å²) in [6.45, 7) is 2.29. The van der Waals surface area contributed by atoms with Crippen molar-refractivity contribution in [1.82, 2.24) is 5.43 Å². The van der Waals surface area contributed by atoms with E-state index in [0.29, 0.717) is 12.0 Å². The minimum Gasteiger partial charge on any atom is -0.497 e. The van der Waals surface area contributed by atoms with Crippen LogP contribution in [0, 0.1) is 11.8 Å². The number of methoxy groups -OCH3 is 1. The molecule has 3 N–H and O–H groups in total. The molecule has 1 saturated carbocycles. The summed E-state index contributed by atoms with van der Waals surface area (Å²) in [5.74, 6) is 8.06. The Labute approximate surface area is 117 Å². The first-order valence-electron chi connectivity index (χ1n) is 6.44. The number of rotatable bonds is 6. The van der Waals surface area contributed by atoms with Gasteiger partial charge in [-0.1, -0.05) is 22.9 Å². The standard InChI is InChI=1S/C14H21BrN2O/c1-9(10-3-4-10)14(17-16)8-11-7-12(18-2)5-6-13(11)15/h5-7,9-10,14,17H,3-4,8,16H2,1-2H3. The third-order valence-electron chi connectivity index (χ3n) is 3.91. The molecule has 0 bridgehead atoms. The Balaban J connectivity index is 2.10. The van der Waals surface area contributed by atoms with Crippen molar-refractivity contribution in [3.8, 4) is 5.75 Å². The molecule has 0 spiro atoms. The smallest absolute Gasteiger partial charge is 0.119 e. The van der Waals surface area contributed by atoms with E-state index in [1.165, 1.54) is 18.4 Å². The Morgan fingerprint density at radius 1 is 1.50 bits per heavy atom. The highest BCUT2D eigenvalue weighted by Crippen LogP contribution is 2.39. The quantitative estimate of drug-likeness (QED) is 0.627. The fourth-order valence-electron chi connectivity index (χ4n) is 2.42. The van der Waals surface area contributed by atoms with Gasteiger partial charge in [0.15, 0.2) is 0 Å². The topological polar surface area (TPSA) is 47.3 Å². The summed E-state index contributed by atoms with van der Waals surface area (Å²) in [4.78, 5) is 0. The van der Waals surface area contributed by atoms with Gasteiger partial charge < -0.3 is 4.74 Å². The molecule has 1 fully saturated rings. The van der Waals surface area contributed by atoms with E-state index in [1.54, 1.807) is 7.11 Å². The molecular weight excluding hydrogens is 292 g/mol. The van der Waals surface area contributed by atoms with E-state index in [-0.39, 0.29) is 0 Å². The Morgan fingerprint density at radius 2 is 2.22 bits per heavy atom. The highest BCUT2D eigenvalue weighted by molar-refractivity contribution is 9.10. The molecule has 0 aromatic heterocycles. The molecule has 0 aliphatic heterocycles. The van der Waals surface area contributed by atoms with Crippen LogP contribution in [0.5, 0.6) is 5.75 Å². The van der Waals surface area contributed by atoms with Crippen LogP contribution < -0.4 is 16.0 Å². The van der Waals surface area contributed by atoms with Crippen molar-refractivity contribution in [3.05, 3.63) is 28.2 Å². The van der Waals surface area contributed by atoms with Gasteiger partial charge in [0.25, 0.3) is 0 Å². The first-order valence-corrected chi connectivity index (χ1v) is 7.23. The molecule has 2 rings (SSSR count). The summed E-state index contributed by atoms with van der Waals surface area (Å²) in [5, 5.41) is 0. The summed E-state index contributed by atoms with van der Waals surface area (Å²) in [5.41, 5.74) is 4.22. The summed E-state index contributed by atoms with van der Waals surface area (Å²) in [6.07, 6.45) is 3.61. The molecule has 1 aliphatic carbocycles. The summed E-state index contributed by atoms with van der Waals surface area (Å²) in [7, 11) is 1.69. The third-order valence-corrected chi connectivity index (χ3v) is 4.68. The number of halogens is 1. The number of benzene rings is 1. The van der Waals surface area contributed by atoms with E-state index in [4.69, 9.17) is 10.6 Å². The van der Waals surface area contributed by atoms with Crippen molar-refractivity contribution in [1.29, 1.82) is 0 Å². The van der Waals surface area contributed by atoms with Gasteiger partial charge in [-0.2, -0.15) is 0 Å². The maximum absolute atomic E-state index is 5.71. The zero-order chi connectivity index (χ0) is 13.1. The molecule has 1 aliphatic rings. The summed E-state index contributed by atoms with van der Waals surface area (Å²) >= 11 is 3.59. The van der Waals surface area contributed by atoms with Crippen molar-refractivity contribution in [2.75, 3.05) is 7.11 Å². The molecule has 3 nitrogen and oxygen atoms in total. The van der Waals surface area contributed by atoms with Crippen LogP contribution in [0.4, 0.5) is 0 Å². The second-order valence-corrected chi connectivity index (χ2v) is 5.99. The molecule has 1 aromatic rings. The minimum absolute atomic E-state index is 0.320. The van der Waals surface area contributed by atoms with E-state index in [1.807, 2.05) is 12.1 Å². The van der Waals surface area contributed by atoms with Crippen LogP contribution in [0.1, 0.15) is 25.3 Å². The van der Waals surface area contributed by atoms with Gasteiger partial charge >= 0.3 is 0 Å². The third kappa shape index (κ3) is 3.25. The lowest BCUT2D eigenvalue weighted by Crippen LogP contribution is -2.42. The average molecular weight is 313 g/mol. The van der Waals surface area contributed by atoms with Crippen LogP contribution in [-0.2, 0) is 6.42 Å². The van der Waals surface area contributed by atoms with Gasteiger partial charge in [0, 0.05) is 10.5 Å². The van der Waals surface area contributed by atoms with E-state index in [2.05, 4.69) is 34.3 Å². The fourth-order valence-corrected chi connectivity index (χ4v) is 2.83. The highest BCUT2D eigenvalue weighted by Gasteiger charge is 2.33. The van der Waals surface area contributed by atoms with Crippen molar-refractivity contribution >= 4 is 15.9 Å². The van der Waals surface area contributed by atoms with Crippen molar-refractivity contribution in [2.24, 2.45) is 17.7 Å². The van der Waals surface area contributed by atoms with Crippen LogP contribution in [0.3, 0.4) is 0 Å². The second kappa shape index (κ2) is 6.04. The van der Waals surface area contributed by atoms with E-state index >= 15 is 0 Å². The number of ether oxygens (including phenoxy) is 1. The Morgan fingerprint density at radius 3 is 2.78 bits per heavy atom. The number of nitrogens with two attached hydrogens (primary N) is 1. The molecular formula is C14H21BrN2O. The number of hydrazine groups is 1. The van der Waals surface area contributed by atoms with Crippen LogP contribution in [-0.4, -0.2) is 13.2 Å². The van der Waals surface area contributed by atoms with Gasteiger partial charge in [-0.15, -0.1) is 0 Å². The van der Waals surface area contributed by atoms with Crippen LogP contribution in [0.2, 0.25) is 0 Å². The molecule has 100 valence electrons. The lowest BCUT2D eigenvalue weighted by molar-refractivity contribution is 0.342. The van der Waals surface area contributed by atoms with Crippen molar-refractivity contribution < 1.29 is 4.74 Å². The fraction of sp³-hybridized carbons (Fsp3) is 0.571. The van der Waals surface area contributed by atoms with Crippen molar-refractivity contribution in [2.45, 2.75) is 32.2 Å². The van der Waals surface area contributed by atoms with Crippen LogP contribution in [0.25, 0.3) is 0 Å². The first kappa shape index (κ1) is 13.8. The summed E-state index contributed by atoms with van der Waals surface area (Å²) < 4.78 is 6.39. The normalized spacial score (nSPS) is 18.4. The van der Waals surface area contributed by atoms with Gasteiger partial charge in [-0.3, -0.25) is 11.3 Å². The lowest BCUT2D eigenvalue weighted by Gasteiger charge is -2.23. The zero-order valence-electron chi connectivity index (χ0n) is 10.9. The zero-order valence-corrected chi connectivity index (χ0v) is 12.5. The second-order valence-electron chi connectivity index (χ2n) is 5.13. The first-order chi connectivity index (χ1) is 8.65. The van der Waals surface area contributed by atoms with Gasteiger partial charge in [0.1, 0.15) is 5.75 Å². The molecule has 0 radical (unpaired) electrons. The summed E-state index contributed by atoms with van der Waals surface area (Å²) in [6, 6.07) is 6.39. The Kier molecular flexibility index (Phi) is 4.65. The molecule has 4 heteroatoms. The molecule has 0 saturated heterocycles. The van der Waals surface area contributed by atoms with E-state index < -0.39 is 0 Å². The van der Waals surface area contributed by atoms with E-state index in [0.717, 1.165) is 22.6 Å². The Bertz CT molecular complexity index is 407. The number of hydrogen-bond acceptors (Lipinski definition) is 3. The minimum atomic E-state index is 0.320. The molecule has 2 atom stereocenters. The SMILES string of the molecule is COc1ccc(Br)c(CC(NN)C(C)C2CC2)c1. The van der Waals surface area contributed by atoms with Gasteiger partial charge in [-0.05, 0) is 54.9 Å². The number of nitrogens with one attached hydrogen (secondary N) is 1. The van der Waals surface area contributed by atoms with Gasteiger partial charge in [-0.25, -0.2) is 0 Å². The van der Waals surface area contributed by atoms with Gasteiger partial charge in [0.2, 0.25) is 0 Å². The largest absolute Gasteiger partial charge is 0.497 e. The molecule has 1 aromatic carbocycles. The molecule has 18 heavy (non-hydrogen) atoms. The number of hydrogen-bond donors (Lipinski definition) is 2.